The van der Waals surface area contributed by atoms with Crippen LogP contribution in [0.15, 0.2) is 18.2 Å². The van der Waals surface area contributed by atoms with Gasteiger partial charge in [0.15, 0.2) is 0 Å². The van der Waals surface area contributed by atoms with Crippen LogP contribution < -0.4 is 10.6 Å². The van der Waals surface area contributed by atoms with Crippen LogP contribution in [-0.4, -0.2) is 23.6 Å². The van der Waals surface area contributed by atoms with Crippen molar-refractivity contribution >= 4 is 30.1 Å². The monoisotopic (exact) mass is 288 g/mol. The molecule has 6 nitrogen and oxygen atoms in total. The SMILES string of the molecule is CC(=O)NC(CS)C(=O)Nc1ccc(C#N)c(C#N)c1. The van der Waals surface area contributed by atoms with Crippen molar-refractivity contribution in [3.05, 3.63) is 29.3 Å². The van der Waals surface area contributed by atoms with Gasteiger partial charge in [0, 0.05) is 18.4 Å². The van der Waals surface area contributed by atoms with Crippen molar-refractivity contribution in [3.63, 3.8) is 0 Å². The van der Waals surface area contributed by atoms with Crippen LogP contribution in [0.1, 0.15) is 18.1 Å². The fourth-order valence-electron chi connectivity index (χ4n) is 1.48. The highest BCUT2D eigenvalue weighted by atomic mass is 32.1. The minimum absolute atomic E-state index is 0.146. The second-order valence-corrected chi connectivity index (χ2v) is 4.27. The number of nitriles is 2. The lowest BCUT2D eigenvalue weighted by molar-refractivity contribution is -0.124. The highest BCUT2D eigenvalue weighted by Gasteiger charge is 2.18. The normalized spacial score (nSPS) is 10.8. The first-order valence-electron chi connectivity index (χ1n) is 5.65. The summed E-state index contributed by atoms with van der Waals surface area (Å²) in [7, 11) is 0. The summed E-state index contributed by atoms with van der Waals surface area (Å²) in [6, 6.07) is 7.36. The summed E-state index contributed by atoms with van der Waals surface area (Å²) in [4.78, 5) is 22.9. The van der Waals surface area contributed by atoms with E-state index in [2.05, 4.69) is 23.3 Å². The van der Waals surface area contributed by atoms with Gasteiger partial charge in [-0.2, -0.15) is 23.2 Å². The Kier molecular flexibility index (Phi) is 5.57. The molecule has 2 amide bonds. The number of carbonyl (C=O) groups excluding carboxylic acids is 2. The molecular formula is C13H12N4O2S. The van der Waals surface area contributed by atoms with Gasteiger partial charge in [-0.1, -0.05) is 0 Å². The zero-order valence-corrected chi connectivity index (χ0v) is 11.6. The van der Waals surface area contributed by atoms with Crippen LogP contribution in [0.3, 0.4) is 0 Å². The van der Waals surface area contributed by atoms with Gasteiger partial charge in [-0.05, 0) is 18.2 Å². The zero-order valence-electron chi connectivity index (χ0n) is 10.7. The smallest absolute Gasteiger partial charge is 0.247 e. The van der Waals surface area contributed by atoms with Crippen molar-refractivity contribution in [2.45, 2.75) is 13.0 Å². The van der Waals surface area contributed by atoms with Gasteiger partial charge in [0.25, 0.3) is 0 Å². The largest absolute Gasteiger partial charge is 0.344 e. The number of thiol groups is 1. The predicted octanol–water partition coefficient (Wildman–Crippen LogP) is 0.803. The molecule has 1 atom stereocenters. The van der Waals surface area contributed by atoms with Crippen molar-refractivity contribution in [2.24, 2.45) is 0 Å². The van der Waals surface area contributed by atoms with Crippen molar-refractivity contribution in [1.82, 2.24) is 5.32 Å². The lowest BCUT2D eigenvalue weighted by Crippen LogP contribution is -2.44. The molecule has 102 valence electrons. The molecule has 0 bridgehead atoms. The van der Waals surface area contributed by atoms with Crippen molar-refractivity contribution in [1.29, 1.82) is 10.5 Å². The van der Waals surface area contributed by atoms with E-state index < -0.39 is 11.9 Å². The van der Waals surface area contributed by atoms with Gasteiger partial charge in [-0.25, -0.2) is 0 Å². The summed E-state index contributed by atoms with van der Waals surface area (Å²) < 4.78 is 0. The topological polar surface area (TPSA) is 106 Å². The van der Waals surface area contributed by atoms with Crippen LogP contribution in [0.5, 0.6) is 0 Å². The Labute approximate surface area is 121 Å². The molecule has 7 heteroatoms. The minimum atomic E-state index is -0.767. The molecule has 1 aromatic carbocycles. The Morgan fingerprint density at radius 3 is 2.45 bits per heavy atom. The van der Waals surface area contributed by atoms with E-state index in [4.69, 9.17) is 10.5 Å². The highest BCUT2D eigenvalue weighted by Crippen LogP contribution is 2.15. The van der Waals surface area contributed by atoms with Crippen molar-refractivity contribution in [2.75, 3.05) is 11.1 Å². The maximum Gasteiger partial charge on any atom is 0.247 e. The summed E-state index contributed by atoms with van der Waals surface area (Å²) in [6.45, 7) is 1.30. The van der Waals surface area contributed by atoms with Gasteiger partial charge in [0.1, 0.15) is 18.2 Å². The number of nitrogens with one attached hydrogen (secondary N) is 2. The first-order chi connectivity index (χ1) is 9.51. The maximum atomic E-state index is 11.9. The lowest BCUT2D eigenvalue weighted by Gasteiger charge is -2.15. The molecule has 0 aliphatic heterocycles. The standard InChI is InChI=1S/C13H12N4O2S/c1-8(18)16-12(7-20)13(19)17-11-3-2-9(5-14)10(4-11)6-15/h2-4,12,20H,7H2,1H3,(H,16,18)(H,17,19). The lowest BCUT2D eigenvalue weighted by atomic mass is 10.1. The maximum absolute atomic E-state index is 11.9. The van der Waals surface area contributed by atoms with Crippen LogP contribution in [0.2, 0.25) is 0 Å². The van der Waals surface area contributed by atoms with Crippen molar-refractivity contribution < 1.29 is 9.59 Å². The fourth-order valence-corrected chi connectivity index (χ4v) is 1.74. The Morgan fingerprint density at radius 2 is 1.95 bits per heavy atom. The van der Waals surface area contributed by atoms with E-state index in [0.717, 1.165) is 0 Å². The summed E-state index contributed by atoms with van der Waals surface area (Å²) in [5.41, 5.74) is 0.785. The Bertz CT molecular complexity index is 616. The molecule has 1 unspecified atom stereocenters. The molecule has 1 rings (SSSR count). The Morgan fingerprint density at radius 1 is 1.30 bits per heavy atom. The third-order valence-electron chi connectivity index (χ3n) is 2.40. The number of nitrogens with zero attached hydrogens (tertiary/aromatic N) is 2. The molecule has 20 heavy (non-hydrogen) atoms. The molecule has 0 aliphatic rings. The third kappa shape index (κ3) is 4.01. The van der Waals surface area contributed by atoms with Crippen molar-refractivity contribution in [3.8, 4) is 12.1 Å². The number of rotatable bonds is 4. The first kappa shape index (κ1) is 15.5. The summed E-state index contributed by atoms with van der Waals surface area (Å²) in [5, 5.41) is 22.7. The molecule has 0 heterocycles. The van der Waals surface area contributed by atoms with Gasteiger partial charge in [0.05, 0.1) is 11.1 Å². The first-order valence-corrected chi connectivity index (χ1v) is 6.28. The third-order valence-corrected chi connectivity index (χ3v) is 2.77. The zero-order chi connectivity index (χ0) is 15.1. The molecule has 0 radical (unpaired) electrons. The van der Waals surface area contributed by atoms with E-state index in [-0.39, 0.29) is 22.8 Å². The average Bonchev–Trinajstić information content (AvgIpc) is 2.44. The fraction of sp³-hybridized carbons (Fsp3) is 0.231. The molecular weight excluding hydrogens is 276 g/mol. The summed E-state index contributed by atoms with van der Waals surface area (Å²) in [6.07, 6.45) is 0. The number of hydrogen-bond donors (Lipinski definition) is 3. The molecule has 0 aliphatic carbocycles. The molecule has 0 aromatic heterocycles. The van der Waals surface area contributed by atoms with E-state index in [1.165, 1.54) is 25.1 Å². The molecule has 0 fully saturated rings. The minimum Gasteiger partial charge on any atom is -0.344 e. The number of anilines is 1. The van der Waals surface area contributed by atoms with Gasteiger partial charge >= 0.3 is 0 Å². The van der Waals surface area contributed by atoms with E-state index in [1.54, 1.807) is 0 Å². The van der Waals surface area contributed by atoms with E-state index in [1.807, 2.05) is 12.1 Å². The number of amides is 2. The van der Waals surface area contributed by atoms with Crippen LogP contribution in [0.25, 0.3) is 0 Å². The number of hydrogen-bond acceptors (Lipinski definition) is 5. The summed E-state index contributed by atoms with van der Waals surface area (Å²) in [5.74, 6) is -0.632. The molecule has 0 saturated carbocycles. The van der Waals surface area contributed by atoms with Gasteiger partial charge in [-0.15, -0.1) is 0 Å². The quantitative estimate of drug-likeness (QED) is 0.712. The predicted molar refractivity (Wildman–Crippen MR) is 76.0 cm³/mol. The highest BCUT2D eigenvalue weighted by molar-refractivity contribution is 7.80. The van der Waals surface area contributed by atoms with Gasteiger partial charge in [0.2, 0.25) is 11.8 Å². The van der Waals surface area contributed by atoms with E-state index in [9.17, 15) is 9.59 Å². The number of carbonyl (C=O) groups is 2. The summed E-state index contributed by atoms with van der Waals surface area (Å²) >= 11 is 4.00. The van der Waals surface area contributed by atoms with Crippen LogP contribution in [0, 0.1) is 22.7 Å². The molecule has 0 spiro atoms. The average molecular weight is 288 g/mol. The number of benzene rings is 1. The molecule has 1 aromatic rings. The van der Waals surface area contributed by atoms with Gasteiger partial charge < -0.3 is 10.6 Å². The second-order valence-electron chi connectivity index (χ2n) is 3.91. The van der Waals surface area contributed by atoms with E-state index in [0.29, 0.717) is 5.69 Å². The Hall–Kier alpha value is -2.51. The van der Waals surface area contributed by atoms with E-state index >= 15 is 0 Å². The molecule has 0 saturated heterocycles. The molecule has 2 N–H and O–H groups in total. The van der Waals surface area contributed by atoms with Crippen LogP contribution >= 0.6 is 12.6 Å². The van der Waals surface area contributed by atoms with Crippen LogP contribution in [0.4, 0.5) is 5.69 Å². The second kappa shape index (κ2) is 7.17. The van der Waals surface area contributed by atoms with Crippen LogP contribution in [-0.2, 0) is 9.59 Å². The van der Waals surface area contributed by atoms with Gasteiger partial charge in [-0.3, -0.25) is 9.59 Å². The Balaban J connectivity index is 2.88.